The van der Waals surface area contributed by atoms with E-state index in [0.29, 0.717) is 11.3 Å². The minimum absolute atomic E-state index is 0.169. The van der Waals surface area contributed by atoms with Crippen LogP contribution in [0.4, 0.5) is 0 Å². The Bertz CT molecular complexity index is 663. The largest absolute Gasteiger partial charge is 0.508 e. The van der Waals surface area contributed by atoms with Gasteiger partial charge in [-0.3, -0.25) is 4.79 Å². The molecule has 0 radical (unpaired) electrons. The van der Waals surface area contributed by atoms with Gasteiger partial charge >= 0.3 is 0 Å². The standard InChI is InChI=1S/C16H16N2O2/c1-11-5-3-7-14(9-11)16(20)18-17-12(2)13-6-4-8-15(19)10-13/h3-10,19H,1-2H3,(H,18,20)/b17-12+. The zero-order valence-corrected chi connectivity index (χ0v) is 11.4. The van der Waals surface area contributed by atoms with E-state index >= 15 is 0 Å². The Labute approximate surface area is 117 Å². The molecule has 4 nitrogen and oxygen atoms in total. The number of amides is 1. The quantitative estimate of drug-likeness (QED) is 0.664. The summed E-state index contributed by atoms with van der Waals surface area (Å²) in [5.74, 6) is -0.0877. The van der Waals surface area contributed by atoms with Crippen LogP contribution >= 0.6 is 0 Å². The summed E-state index contributed by atoms with van der Waals surface area (Å²) in [5.41, 5.74) is 5.48. The second kappa shape index (κ2) is 6.02. The number of aryl methyl sites for hydroxylation is 1. The van der Waals surface area contributed by atoms with E-state index in [0.717, 1.165) is 11.1 Å². The maximum atomic E-state index is 11.9. The fourth-order valence-electron chi connectivity index (χ4n) is 1.78. The first-order chi connectivity index (χ1) is 9.56. The normalized spacial score (nSPS) is 11.2. The van der Waals surface area contributed by atoms with Crippen LogP contribution in [0.15, 0.2) is 53.6 Å². The maximum absolute atomic E-state index is 11.9. The molecule has 2 aromatic carbocycles. The summed E-state index contributed by atoms with van der Waals surface area (Å²) in [6.45, 7) is 3.70. The van der Waals surface area contributed by atoms with Gasteiger partial charge in [0, 0.05) is 11.1 Å². The first kappa shape index (κ1) is 13.8. The Balaban J connectivity index is 2.11. The summed E-state index contributed by atoms with van der Waals surface area (Å²) < 4.78 is 0. The van der Waals surface area contributed by atoms with Crippen molar-refractivity contribution in [3.05, 3.63) is 65.2 Å². The van der Waals surface area contributed by atoms with Gasteiger partial charge in [-0.15, -0.1) is 0 Å². The van der Waals surface area contributed by atoms with E-state index in [1.165, 1.54) is 0 Å². The number of hydrazone groups is 1. The highest BCUT2D eigenvalue weighted by Gasteiger charge is 2.05. The molecule has 0 spiro atoms. The first-order valence-electron chi connectivity index (χ1n) is 6.27. The number of aromatic hydroxyl groups is 1. The van der Waals surface area contributed by atoms with Gasteiger partial charge in [0.25, 0.3) is 5.91 Å². The molecule has 0 unspecified atom stereocenters. The van der Waals surface area contributed by atoms with Crippen molar-refractivity contribution in [2.24, 2.45) is 5.10 Å². The Morgan fingerprint density at radius 1 is 1.10 bits per heavy atom. The molecule has 0 saturated carbocycles. The monoisotopic (exact) mass is 268 g/mol. The lowest BCUT2D eigenvalue weighted by Crippen LogP contribution is -2.19. The van der Waals surface area contributed by atoms with Crippen molar-refractivity contribution in [1.29, 1.82) is 0 Å². The number of rotatable bonds is 3. The van der Waals surface area contributed by atoms with Crippen molar-refractivity contribution in [1.82, 2.24) is 5.43 Å². The minimum atomic E-state index is -0.256. The van der Waals surface area contributed by atoms with Crippen molar-refractivity contribution in [3.8, 4) is 5.75 Å². The average molecular weight is 268 g/mol. The molecule has 102 valence electrons. The second-order valence-corrected chi connectivity index (χ2v) is 4.56. The van der Waals surface area contributed by atoms with Gasteiger partial charge in [0.1, 0.15) is 5.75 Å². The topological polar surface area (TPSA) is 61.7 Å². The number of nitrogens with one attached hydrogen (secondary N) is 1. The van der Waals surface area contributed by atoms with E-state index in [1.54, 1.807) is 37.3 Å². The van der Waals surface area contributed by atoms with Gasteiger partial charge in [-0.2, -0.15) is 5.10 Å². The van der Waals surface area contributed by atoms with Crippen molar-refractivity contribution < 1.29 is 9.90 Å². The van der Waals surface area contributed by atoms with Crippen molar-refractivity contribution in [2.45, 2.75) is 13.8 Å². The van der Waals surface area contributed by atoms with E-state index in [1.807, 2.05) is 25.1 Å². The van der Waals surface area contributed by atoms with Gasteiger partial charge in [0.05, 0.1) is 5.71 Å². The number of phenols is 1. The SMILES string of the molecule is C/C(=N\NC(=O)c1cccc(C)c1)c1cccc(O)c1. The van der Waals surface area contributed by atoms with E-state index < -0.39 is 0 Å². The summed E-state index contributed by atoms with van der Waals surface area (Å²) in [6, 6.07) is 14.0. The van der Waals surface area contributed by atoms with E-state index in [4.69, 9.17) is 0 Å². The van der Waals surface area contributed by atoms with E-state index in [-0.39, 0.29) is 11.7 Å². The van der Waals surface area contributed by atoms with Gasteiger partial charge in [0.15, 0.2) is 0 Å². The predicted octanol–water partition coefficient (Wildman–Crippen LogP) is 2.85. The lowest BCUT2D eigenvalue weighted by molar-refractivity contribution is 0.0954. The molecule has 0 bridgehead atoms. The number of benzene rings is 2. The predicted molar refractivity (Wildman–Crippen MR) is 79.0 cm³/mol. The third-order valence-electron chi connectivity index (χ3n) is 2.87. The molecule has 2 aromatic rings. The Hall–Kier alpha value is -2.62. The van der Waals surface area contributed by atoms with Crippen molar-refractivity contribution >= 4 is 11.6 Å². The fourth-order valence-corrected chi connectivity index (χ4v) is 1.78. The number of carbonyl (C=O) groups excluding carboxylic acids is 1. The van der Waals surface area contributed by atoms with Crippen LogP contribution < -0.4 is 5.43 Å². The molecule has 0 aliphatic carbocycles. The van der Waals surface area contributed by atoms with Crippen molar-refractivity contribution in [3.63, 3.8) is 0 Å². The molecule has 2 rings (SSSR count). The summed E-state index contributed by atoms with van der Waals surface area (Å²) >= 11 is 0. The van der Waals surface area contributed by atoms with E-state index in [9.17, 15) is 9.90 Å². The Morgan fingerprint density at radius 3 is 2.50 bits per heavy atom. The highest BCUT2D eigenvalue weighted by molar-refractivity contribution is 6.01. The number of hydrogen-bond donors (Lipinski definition) is 2. The molecule has 0 aliphatic rings. The molecule has 0 aliphatic heterocycles. The van der Waals surface area contributed by atoms with Gasteiger partial charge in [0.2, 0.25) is 0 Å². The number of phenolic OH excluding ortho intramolecular Hbond substituents is 1. The zero-order chi connectivity index (χ0) is 14.5. The van der Waals surface area contributed by atoms with Crippen LogP contribution in [0, 0.1) is 6.92 Å². The molecule has 20 heavy (non-hydrogen) atoms. The lowest BCUT2D eigenvalue weighted by atomic mass is 10.1. The van der Waals surface area contributed by atoms with Crippen LogP contribution in [0.3, 0.4) is 0 Å². The van der Waals surface area contributed by atoms with Gasteiger partial charge in [-0.25, -0.2) is 5.43 Å². The second-order valence-electron chi connectivity index (χ2n) is 4.56. The molecule has 4 heteroatoms. The highest BCUT2D eigenvalue weighted by atomic mass is 16.3. The van der Waals surface area contributed by atoms with Crippen LogP contribution in [0.1, 0.15) is 28.4 Å². The van der Waals surface area contributed by atoms with Gasteiger partial charge < -0.3 is 5.11 Å². The van der Waals surface area contributed by atoms with Crippen molar-refractivity contribution in [2.75, 3.05) is 0 Å². The zero-order valence-electron chi connectivity index (χ0n) is 11.4. The third kappa shape index (κ3) is 3.45. The molecule has 2 N–H and O–H groups in total. The highest BCUT2D eigenvalue weighted by Crippen LogP contribution is 2.11. The Kier molecular flexibility index (Phi) is 4.15. The first-order valence-corrected chi connectivity index (χ1v) is 6.27. The van der Waals surface area contributed by atoms with E-state index in [2.05, 4.69) is 10.5 Å². The smallest absolute Gasteiger partial charge is 0.271 e. The average Bonchev–Trinajstić information content (AvgIpc) is 2.44. The number of nitrogens with zero attached hydrogens (tertiary/aromatic N) is 1. The Morgan fingerprint density at radius 2 is 1.80 bits per heavy atom. The fraction of sp³-hybridized carbons (Fsp3) is 0.125. The number of hydrogen-bond acceptors (Lipinski definition) is 3. The molecule has 1 amide bonds. The summed E-state index contributed by atoms with van der Waals surface area (Å²) in [7, 11) is 0. The lowest BCUT2D eigenvalue weighted by Gasteiger charge is -2.04. The molecule has 0 heterocycles. The molecule has 0 atom stereocenters. The van der Waals surface area contributed by atoms with Crippen LogP contribution in [-0.2, 0) is 0 Å². The third-order valence-corrected chi connectivity index (χ3v) is 2.87. The molecule has 0 aromatic heterocycles. The minimum Gasteiger partial charge on any atom is -0.508 e. The molecule has 0 saturated heterocycles. The molecular formula is C16H16N2O2. The van der Waals surface area contributed by atoms with Gasteiger partial charge in [-0.1, -0.05) is 29.8 Å². The molecule has 0 fully saturated rings. The summed E-state index contributed by atoms with van der Waals surface area (Å²) in [6.07, 6.45) is 0. The number of carbonyl (C=O) groups is 1. The summed E-state index contributed by atoms with van der Waals surface area (Å²) in [5, 5.41) is 13.5. The van der Waals surface area contributed by atoms with Gasteiger partial charge in [-0.05, 0) is 38.1 Å². The molecular weight excluding hydrogens is 252 g/mol. The van der Waals surface area contributed by atoms with Crippen LogP contribution in [-0.4, -0.2) is 16.7 Å². The van der Waals surface area contributed by atoms with Crippen LogP contribution in [0.5, 0.6) is 5.75 Å². The summed E-state index contributed by atoms with van der Waals surface area (Å²) in [4.78, 5) is 11.9. The maximum Gasteiger partial charge on any atom is 0.271 e. The van der Waals surface area contributed by atoms with Crippen LogP contribution in [0.2, 0.25) is 0 Å². The van der Waals surface area contributed by atoms with Crippen LogP contribution in [0.25, 0.3) is 0 Å².